The van der Waals surface area contributed by atoms with E-state index in [1.54, 1.807) is 19.9 Å². The van der Waals surface area contributed by atoms with Crippen LogP contribution in [-0.2, 0) is 9.59 Å². The van der Waals surface area contributed by atoms with Gasteiger partial charge in [0.1, 0.15) is 11.5 Å². The van der Waals surface area contributed by atoms with Gasteiger partial charge in [0.05, 0.1) is 19.8 Å². The predicted molar refractivity (Wildman–Crippen MR) is 78.4 cm³/mol. The van der Waals surface area contributed by atoms with Gasteiger partial charge in [-0.25, -0.2) is 0 Å². The third-order valence-corrected chi connectivity index (χ3v) is 2.57. The first-order valence-corrected chi connectivity index (χ1v) is 6.52. The maximum atomic E-state index is 12.0. The van der Waals surface area contributed by atoms with Gasteiger partial charge in [0, 0.05) is 12.1 Å². The van der Waals surface area contributed by atoms with Crippen LogP contribution in [0.15, 0.2) is 18.2 Å². The number of hydrazine groups is 1. The normalized spacial score (nSPS) is 9.86. The minimum absolute atomic E-state index is 0.185. The highest BCUT2D eigenvalue weighted by atomic mass is 16.5. The van der Waals surface area contributed by atoms with Crippen LogP contribution in [0.1, 0.15) is 24.2 Å². The number of hydrogen-bond donors (Lipinski definition) is 3. The van der Waals surface area contributed by atoms with Gasteiger partial charge in [0.15, 0.2) is 0 Å². The fraction of sp³-hybridized carbons (Fsp3) is 0.357. The van der Waals surface area contributed by atoms with E-state index < -0.39 is 17.7 Å². The molecule has 0 atom stereocenters. The minimum atomic E-state index is -0.963. The molecule has 3 N–H and O–H groups in total. The zero-order chi connectivity index (χ0) is 16.7. The van der Waals surface area contributed by atoms with Gasteiger partial charge in [-0.2, -0.15) is 0 Å². The second-order valence-corrected chi connectivity index (χ2v) is 4.60. The van der Waals surface area contributed by atoms with Gasteiger partial charge in [0.25, 0.3) is 5.91 Å². The Labute approximate surface area is 128 Å². The van der Waals surface area contributed by atoms with E-state index in [-0.39, 0.29) is 17.4 Å². The van der Waals surface area contributed by atoms with Crippen molar-refractivity contribution in [2.45, 2.75) is 19.9 Å². The van der Waals surface area contributed by atoms with Crippen molar-refractivity contribution in [1.82, 2.24) is 16.2 Å². The second-order valence-electron chi connectivity index (χ2n) is 4.60. The van der Waals surface area contributed by atoms with Crippen LogP contribution in [0, 0.1) is 0 Å². The average molecular weight is 309 g/mol. The highest BCUT2D eigenvalue weighted by Gasteiger charge is 2.17. The average Bonchev–Trinajstić information content (AvgIpc) is 2.50. The van der Waals surface area contributed by atoms with Crippen LogP contribution in [0.5, 0.6) is 11.5 Å². The summed E-state index contributed by atoms with van der Waals surface area (Å²) in [7, 11) is 2.89. The summed E-state index contributed by atoms with van der Waals surface area (Å²) >= 11 is 0. The Hall–Kier alpha value is -2.77. The molecule has 0 aliphatic heterocycles. The molecule has 0 saturated heterocycles. The molecule has 0 aliphatic carbocycles. The third kappa shape index (κ3) is 4.65. The highest BCUT2D eigenvalue weighted by molar-refractivity contribution is 6.35. The van der Waals surface area contributed by atoms with Crippen LogP contribution >= 0.6 is 0 Å². The van der Waals surface area contributed by atoms with E-state index in [0.717, 1.165) is 0 Å². The van der Waals surface area contributed by atoms with E-state index >= 15 is 0 Å². The molecule has 0 spiro atoms. The number of rotatable bonds is 4. The number of carbonyl (C=O) groups is 3. The lowest BCUT2D eigenvalue weighted by molar-refractivity contribution is -0.139. The van der Waals surface area contributed by atoms with Crippen molar-refractivity contribution in [2.24, 2.45) is 0 Å². The number of methoxy groups -OCH3 is 2. The molecular weight excluding hydrogens is 290 g/mol. The van der Waals surface area contributed by atoms with Crippen molar-refractivity contribution in [3.8, 4) is 11.5 Å². The molecule has 0 unspecified atom stereocenters. The molecule has 0 aliphatic rings. The summed E-state index contributed by atoms with van der Waals surface area (Å²) in [6.45, 7) is 3.43. The molecule has 22 heavy (non-hydrogen) atoms. The summed E-state index contributed by atoms with van der Waals surface area (Å²) in [5.41, 5.74) is 4.36. The van der Waals surface area contributed by atoms with Crippen LogP contribution in [0.25, 0.3) is 0 Å². The topological polar surface area (TPSA) is 106 Å². The number of carbonyl (C=O) groups excluding carboxylic acids is 3. The smallest absolute Gasteiger partial charge is 0.327 e. The van der Waals surface area contributed by atoms with Gasteiger partial charge in [-0.15, -0.1) is 0 Å². The highest BCUT2D eigenvalue weighted by Crippen LogP contribution is 2.24. The van der Waals surface area contributed by atoms with Crippen molar-refractivity contribution in [3.63, 3.8) is 0 Å². The lowest BCUT2D eigenvalue weighted by atomic mass is 10.2. The largest absolute Gasteiger partial charge is 0.497 e. The number of nitrogens with one attached hydrogen (secondary N) is 3. The summed E-state index contributed by atoms with van der Waals surface area (Å²) in [6, 6.07) is 4.40. The zero-order valence-electron chi connectivity index (χ0n) is 12.9. The molecule has 0 radical (unpaired) electrons. The van der Waals surface area contributed by atoms with Crippen LogP contribution in [-0.4, -0.2) is 38.0 Å². The first-order valence-electron chi connectivity index (χ1n) is 6.52. The Morgan fingerprint density at radius 1 is 1.00 bits per heavy atom. The number of amides is 3. The molecule has 1 aromatic carbocycles. The summed E-state index contributed by atoms with van der Waals surface area (Å²) < 4.78 is 10.1. The van der Waals surface area contributed by atoms with E-state index in [1.807, 2.05) is 5.43 Å². The SMILES string of the molecule is COc1ccc(C(=O)NNC(=O)C(=O)NC(C)C)c(OC)c1. The lowest BCUT2D eigenvalue weighted by Gasteiger charge is -2.12. The Bertz CT molecular complexity index is 572. The Balaban J connectivity index is 2.70. The van der Waals surface area contributed by atoms with Crippen LogP contribution in [0.3, 0.4) is 0 Å². The molecule has 0 fully saturated rings. The number of ether oxygens (including phenoxy) is 2. The van der Waals surface area contributed by atoms with Crippen LogP contribution in [0.2, 0.25) is 0 Å². The van der Waals surface area contributed by atoms with Crippen molar-refractivity contribution >= 4 is 17.7 Å². The standard InChI is InChI=1S/C14H19N3O5/c1-8(2)15-13(19)14(20)17-16-12(18)10-6-5-9(21-3)7-11(10)22-4/h5-8H,1-4H3,(H,15,19)(H,16,18)(H,17,20). The van der Waals surface area contributed by atoms with E-state index in [0.29, 0.717) is 5.75 Å². The van der Waals surface area contributed by atoms with Crippen molar-refractivity contribution in [1.29, 1.82) is 0 Å². The molecule has 0 bridgehead atoms. The molecule has 8 nitrogen and oxygen atoms in total. The summed E-state index contributed by atoms with van der Waals surface area (Å²) in [4.78, 5) is 34.9. The lowest BCUT2D eigenvalue weighted by Crippen LogP contribution is -2.49. The van der Waals surface area contributed by atoms with Gasteiger partial charge >= 0.3 is 11.8 Å². The first-order chi connectivity index (χ1) is 10.4. The second kappa shape index (κ2) is 7.87. The molecule has 0 heterocycles. The maximum absolute atomic E-state index is 12.0. The number of hydrogen-bond acceptors (Lipinski definition) is 5. The van der Waals surface area contributed by atoms with Crippen LogP contribution < -0.4 is 25.6 Å². The van der Waals surface area contributed by atoms with Crippen molar-refractivity contribution in [2.75, 3.05) is 14.2 Å². The summed E-state index contributed by atoms with van der Waals surface area (Å²) in [6.07, 6.45) is 0. The zero-order valence-corrected chi connectivity index (χ0v) is 12.9. The van der Waals surface area contributed by atoms with E-state index in [2.05, 4.69) is 10.7 Å². The van der Waals surface area contributed by atoms with E-state index in [4.69, 9.17) is 9.47 Å². The van der Waals surface area contributed by atoms with Gasteiger partial charge in [0.2, 0.25) is 0 Å². The Morgan fingerprint density at radius 2 is 1.68 bits per heavy atom. The number of benzene rings is 1. The summed E-state index contributed by atoms with van der Waals surface area (Å²) in [5, 5.41) is 2.40. The Morgan fingerprint density at radius 3 is 2.23 bits per heavy atom. The van der Waals surface area contributed by atoms with Gasteiger partial charge < -0.3 is 14.8 Å². The fourth-order valence-corrected chi connectivity index (χ4v) is 1.55. The van der Waals surface area contributed by atoms with E-state index in [9.17, 15) is 14.4 Å². The van der Waals surface area contributed by atoms with Gasteiger partial charge in [-0.3, -0.25) is 25.2 Å². The third-order valence-electron chi connectivity index (χ3n) is 2.57. The molecule has 1 rings (SSSR count). The van der Waals surface area contributed by atoms with Crippen molar-refractivity contribution < 1.29 is 23.9 Å². The molecule has 8 heteroatoms. The molecular formula is C14H19N3O5. The van der Waals surface area contributed by atoms with E-state index in [1.165, 1.54) is 26.4 Å². The molecule has 3 amide bonds. The van der Waals surface area contributed by atoms with Crippen LogP contribution in [0.4, 0.5) is 0 Å². The quantitative estimate of drug-likeness (QED) is 0.536. The molecule has 120 valence electrons. The maximum Gasteiger partial charge on any atom is 0.327 e. The van der Waals surface area contributed by atoms with Gasteiger partial charge in [-0.05, 0) is 26.0 Å². The molecule has 0 aromatic heterocycles. The fourth-order valence-electron chi connectivity index (χ4n) is 1.55. The molecule has 0 saturated carbocycles. The minimum Gasteiger partial charge on any atom is -0.497 e. The first kappa shape index (κ1) is 17.3. The monoisotopic (exact) mass is 309 g/mol. The molecule has 1 aromatic rings. The van der Waals surface area contributed by atoms with Gasteiger partial charge in [-0.1, -0.05) is 0 Å². The Kier molecular flexibility index (Phi) is 6.18. The van der Waals surface area contributed by atoms with Crippen molar-refractivity contribution in [3.05, 3.63) is 23.8 Å². The predicted octanol–water partition coefficient (Wildman–Crippen LogP) is -0.0106. The summed E-state index contributed by atoms with van der Waals surface area (Å²) in [5.74, 6) is -1.62.